The first-order chi connectivity index (χ1) is 23.0. The number of ketones is 2. The molecule has 6 rings (SSSR count). The molecule has 47 heavy (non-hydrogen) atoms. The van der Waals surface area contributed by atoms with Gasteiger partial charge in [-0.05, 0) is 59.4 Å². The predicted octanol–water partition coefficient (Wildman–Crippen LogP) is 6.89. The van der Waals surface area contributed by atoms with E-state index < -0.39 is 13.8 Å². The molecule has 0 spiro atoms. The van der Waals surface area contributed by atoms with Crippen LogP contribution in [0.3, 0.4) is 0 Å². The molecule has 0 saturated carbocycles. The molecule has 0 aliphatic rings. The van der Waals surface area contributed by atoms with Crippen molar-refractivity contribution < 1.29 is 9.59 Å². The number of rotatable bonds is 10. The van der Waals surface area contributed by atoms with Crippen LogP contribution in [-0.2, 0) is 9.59 Å². The summed E-state index contributed by atoms with van der Waals surface area (Å²) in [5.41, 5.74) is 0. The molecule has 0 unspecified atom stereocenters. The summed E-state index contributed by atoms with van der Waals surface area (Å²) >= 11 is 0. The van der Waals surface area contributed by atoms with Gasteiger partial charge in [0.05, 0.1) is 6.42 Å². The minimum Gasteiger partial charge on any atom is -0.294 e. The SMILES string of the molecule is CC(C(=O)CC(=O)C(C)=P(c1ccccc1)(c1ccccc1)c1ccccc1)=P(c1ccccc1)(c1ccccc1)c1ccccc1. The Morgan fingerprint density at radius 3 is 0.681 bits per heavy atom. The molecule has 0 bridgehead atoms. The Morgan fingerprint density at radius 2 is 0.511 bits per heavy atom. The predicted molar refractivity (Wildman–Crippen MR) is 206 cm³/mol. The smallest absolute Gasteiger partial charge is 0.167 e. The monoisotopic (exact) mass is 648 g/mol. The van der Waals surface area contributed by atoms with Crippen LogP contribution in [0.4, 0.5) is 0 Å². The highest BCUT2D eigenvalue weighted by Gasteiger charge is 2.34. The average molecular weight is 649 g/mol. The lowest BCUT2D eigenvalue weighted by atomic mass is 10.1. The van der Waals surface area contributed by atoms with E-state index in [2.05, 4.69) is 72.8 Å². The summed E-state index contributed by atoms with van der Waals surface area (Å²) in [6.07, 6.45) is -0.194. The molecular formula is C43H38O2P2. The Morgan fingerprint density at radius 1 is 0.340 bits per heavy atom. The maximum atomic E-state index is 14.7. The molecule has 0 heterocycles. The molecule has 6 aromatic carbocycles. The van der Waals surface area contributed by atoms with Crippen molar-refractivity contribution in [2.24, 2.45) is 0 Å². The third-order valence-electron chi connectivity index (χ3n) is 9.00. The third kappa shape index (κ3) is 5.96. The Balaban J connectivity index is 1.60. The molecule has 0 fully saturated rings. The minimum atomic E-state index is -2.59. The summed E-state index contributed by atoms with van der Waals surface area (Å²) in [7, 11) is 0. The summed E-state index contributed by atoms with van der Waals surface area (Å²) in [5, 5.41) is 8.02. The molecule has 0 aliphatic heterocycles. The summed E-state index contributed by atoms with van der Waals surface area (Å²) in [5.74, 6) is -0.238. The molecule has 0 amide bonds. The molecule has 6 aromatic rings. The fourth-order valence-corrected chi connectivity index (χ4v) is 15.5. The van der Waals surface area contributed by atoms with E-state index >= 15 is 0 Å². The van der Waals surface area contributed by atoms with Gasteiger partial charge in [-0.25, -0.2) is 0 Å². The van der Waals surface area contributed by atoms with E-state index in [1.54, 1.807) is 0 Å². The average Bonchev–Trinajstić information content (AvgIpc) is 3.15. The summed E-state index contributed by atoms with van der Waals surface area (Å²) in [6, 6.07) is 62.0. The van der Waals surface area contributed by atoms with E-state index in [4.69, 9.17) is 0 Å². The third-order valence-corrected chi connectivity index (χ3v) is 17.9. The van der Waals surface area contributed by atoms with Gasteiger partial charge in [-0.15, -0.1) is 0 Å². The van der Waals surface area contributed by atoms with Crippen LogP contribution in [0.5, 0.6) is 0 Å². The van der Waals surface area contributed by atoms with Crippen LogP contribution in [0, 0.1) is 0 Å². The van der Waals surface area contributed by atoms with E-state index in [0.29, 0.717) is 0 Å². The van der Waals surface area contributed by atoms with Gasteiger partial charge in [0.25, 0.3) is 0 Å². The van der Waals surface area contributed by atoms with E-state index in [9.17, 15) is 9.59 Å². The van der Waals surface area contributed by atoms with Crippen LogP contribution in [0.1, 0.15) is 20.3 Å². The molecule has 4 heteroatoms. The Bertz CT molecular complexity index is 1730. The van der Waals surface area contributed by atoms with Crippen molar-refractivity contribution in [1.29, 1.82) is 0 Å². The Kier molecular flexibility index (Phi) is 9.84. The molecule has 0 N–H and O–H groups in total. The van der Waals surface area contributed by atoms with Crippen molar-refractivity contribution >= 4 is 67.8 Å². The van der Waals surface area contributed by atoms with Gasteiger partial charge in [-0.2, -0.15) is 0 Å². The lowest BCUT2D eigenvalue weighted by Crippen LogP contribution is -2.35. The lowest BCUT2D eigenvalue weighted by molar-refractivity contribution is -0.119. The molecule has 0 radical (unpaired) electrons. The minimum absolute atomic E-state index is 0.119. The van der Waals surface area contributed by atoms with Crippen molar-refractivity contribution in [1.82, 2.24) is 0 Å². The topological polar surface area (TPSA) is 34.1 Å². The number of carbonyl (C=O) groups is 2. The second-order valence-corrected chi connectivity index (χ2v) is 18.7. The summed E-state index contributed by atoms with van der Waals surface area (Å²) in [6.45, 7) is -1.26. The fourth-order valence-electron chi connectivity index (χ4n) is 6.74. The standard InChI is InChI=1S/C43H38O2P2/c1-34(46(36-21-9-3-10-22-36,37-23-11-4-12-24-37)38-25-13-5-14-26-38)42(44)33-43(45)35(2)47(39-27-15-6-16-28-39,40-29-17-7-18-30-40)41-31-19-8-20-32-41/h3-32H,33H2,1-2H3. The largest absolute Gasteiger partial charge is 0.294 e. The van der Waals surface area contributed by atoms with Gasteiger partial charge in [0.2, 0.25) is 0 Å². The van der Waals surface area contributed by atoms with Crippen LogP contribution >= 0.6 is 13.8 Å². The van der Waals surface area contributed by atoms with Crippen LogP contribution in [0.15, 0.2) is 182 Å². The van der Waals surface area contributed by atoms with Gasteiger partial charge < -0.3 is 0 Å². The van der Waals surface area contributed by atoms with Gasteiger partial charge in [-0.3, -0.25) is 9.59 Å². The quantitative estimate of drug-likeness (QED) is 0.120. The van der Waals surface area contributed by atoms with Crippen LogP contribution < -0.4 is 31.8 Å². The maximum Gasteiger partial charge on any atom is 0.167 e. The number of hydrogen-bond donors (Lipinski definition) is 0. The molecule has 0 aromatic heterocycles. The number of hydrogen-bond acceptors (Lipinski definition) is 2. The number of benzene rings is 6. The fraction of sp³-hybridized carbons (Fsp3) is 0.0698. The molecule has 2 nitrogen and oxygen atoms in total. The number of carbonyl (C=O) groups excluding carboxylic acids is 2. The molecule has 232 valence electrons. The second kappa shape index (κ2) is 14.4. The van der Waals surface area contributed by atoms with E-state index in [1.807, 2.05) is 123 Å². The number of Topliss-reactive ketones (excluding diaryl/α,β-unsaturated/α-hetero) is 2. The molecular weight excluding hydrogens is 610 g/mol. The van der Waals surface area contributed by atoms with Crippen LogP contribution in [0.2, 0.25) is 0 Å². The zero-order valence-corrected chi connectivity index (χ0v) is 28.5. The maximum absolute atomic E-state index is 14.7. The van der Waals surface area contributed by atoms with Crippen molar-refractivity contribution in [2.45, 2.75) is 20.3 Å². The van der Waals surface area contributed by atoms with Crippen molar-refractivity contribution in [3.63, 3.8) is 0 Å². The Labute approximate surface area is 278 Å². The highest BCUT2D eigenvalue weighted by Crippen LogP contribution is 2.48. The Hall–Kier alpha value is -4.74. The molecule has 0 atom stereocenters. The van der Waals surface area contributed by atoms with Gasteiger partial charge in [0.15, 0.2) is 11.6 Å². The molecule has 0 saturated heterocycles. The first-order valence-corrected chi connectivity index (χ1v) is 19.4. The summed E-state index contributed by atoms with van der Waals surface area (Å²) in [4.78, 5) is 29.5. The zero-order valence-electron chi connectivity index (χ0n) is 26.7. The highest BCUT2D eigenvalue weighted by atomic mass is 31.2. The van der Waals surface area contributed by atoms with Gasteiger partial charge in [0, 0.05) is 10.6 Å². The first-order valence-electron chi connectivity index (χ1n) is 15.9. The van der Waals surface area contributed by atoms with Crippen molar-refractivity contribution in [3.05, 3.63) is 182 Å². The van der Waals surface area contributed by atoms with Gasteiger partial charge in [-0.1, -0.05) is 182 Å². The van der Waals surface area contributed by atoms with Gasteiger partial charge >= 0.3 is 0 Å². The van der Waals surface area contributed by atoms with E-state index in [1.165, 1.54) is 0 Å². The first kappa shape index (κ1) is 32.2. The second-order valence-electron chi connectivity index (χ2n) is 11.5. The lowest BCUT2D eigenvalue weighted by Gasteiger charge is -2.32. The zero-order chi connectivity index (χ0) is 32.7. The van der Waals surface area contributed by atoms with Crippen molar-refractivity contribution in [3.8, 4) is 0 Å². The molecule has 0 aliphatic carbocycles. The summed E-state index contributed by atoms with van der Waals surface area (Å²) < 4.78 is 0. The van der Waals surface area contributed by atoms with E-state index in [0.717, 1.165) is 42.4 Å². The van der Waals surface area contributed by atoms with Gasteiger partial charge in [0.1, 0.15) is 0 Å². The van der Waals surface area contributed by atoms with E-state index in [-0.39, 0.29) is 18.0 Å². The van der Waals surface area contributed by atoms with Crippen LogP contribution in [-0.4, -0.2) is 22.2 Å². The van der Waals surface area contributed by atoms with Crippen molar-refractivity contribution in [2.75, 3.05) is 0 Å². The van der Waals surface area contributed by atoms with Crippen LogP contribution in [0.25, 0.3) is 0 Å². The normalized spacial score (nSPS) is 11.4. The highest BCUT2D eigenvalue weighted by molar-refractivity contribution is 7.97.